The summed E-state index contributed by atoms with van der Waals surface area (Å²) in [6, 6.07) is 12.4. The molecule has 1 atom stereocenters. The van der Waals surface area contributed by atoms with Crippen molar-refractivity contribution in [1.29, 1.82) is 0 Å². The molecule has 0 spiro atoms. The summed E-state index contributed by atoms with van der Waals surface area (Å²) in [6.45, 7) is 3.78. The highest BCUT2D eigenvalue weighted by atomic mass is 19.1. The summed E-state index contributed by atoms with van der Waals surface area (Å²) < 4.78 is 13.3. The first-order valence-electron chi connectivity index (χ1n) is 8.88. The van der Waals surface area contributed by atoms with Crippen molar-refractivity contribution in [1.82, 2.24) is 4.90 Å². The van der Waals surface area contributed by atoms with Gasteiger partial charge in [-0.1, -0.05) is 23.8 Å². The summed E-state index contributed by atoms with van der Waals surface area (Å²) in [5.74, 6) is 0.241. The van der Waals surface area contributed by atoms with Crippen LogP contribution in [0.3, 0.4) is 0 Å². The van der Waals surface area contributed by atoms with Gasteiger partial charge in [0.05, 0.1) is 0 Å². The van der Waals surface area contributed by atoms with Crippen LogP contribution in [0.2, 0.25) is 0 Å². The van der Waals surface area contributed by atoms with Crippen molar-refractivity contribution < 1.29 is 9.18 Å². The van der Waals surface area contributed by atoms with Gasteiger partial charge in [0.2, 0.25) is 0 Å². The molecule has 1 heterocycles. The molecule has 4 rings (SSSR count). The van der Waals surface area contributed by atoms with Crippen LogP contribution >= 0.6 is 0 Å². The van der Waals surface area contributed by atoms with Gasteiger partial charge in [0.15, 0.2) is 0 Å². The van der Waals surface area contributed by atoms with E-state index in [1.807, 2.05) is 24.3 Å². The smallest absolute Gasteiger partial charge is 0.322 e. The molecule has 4 nitrogen and oxygen atoms in total. The van der Waals surface area contributed by atoms with Crippen LogP contribution in [-0.2, 0) is 13.1 Å². The first kappa shape index (κ1) is 16.8. The number of benzene rings is 2. The summed E-state index contributed by atoms with van der Waals surface area (Å²) in [5, 5.41) is 2.92. The molecular weight excluding hydrogens is 329 g/mol. The van der Waals surface area contributed by atoms with E-state index in [-0.39, 0.29) is 11.8 Å². The number of nitrogens with two attached hydrogens (primary N) is 1. The molecule has 1 unspecified atom stereocenters. The van der Waals surface area contributed by atoms with Gasteiger partial charge in [0, 0.05) is 18.8 Å². The largest absolute Gasteiger partial charge is 0.330 e. The van der Waals surface area contributed by atoms with E-state index in [0.29, 0.717) is 25.6 Å². The van der Waals surface area contributed by atoms with Crippen LogP contribution in [0.15, 0.2) is 48.0 Å². The van der Waals surface area contributed by atoms with Gasteiger partial charge in [-0.15, -0.1) is 0 Å². The summed E-state index contributed by atoms with van der Waals surface area (Å²) >= 11 is 0. The Balaban J connectivity index is 1.41. The number of amides is 2. The van der Waals surface area contributed by atoms with Crippen LogP contribution in [0.4, 0.5) is 14.9 Å². The molecule has 2 amide bonds. The minimum atomic E-state index is -0.265. The molecule has 134 valence electrons. The van der Waals surface area contributed by atoms with Crippen LogP contribution in [0.1, 0.15) is 30.0 Å². The third-order valence-electron chi connectivity index (χ3n) is 5.49. The monoisotopic (exact) mass is 351 g/mol. The fourth-order valence-electron chi connectivity index (χ4n) is 3.75. The Kier molecular flexibility index (Phi) is 4.24. The second-order valence-corrected chi connectivity index (χ2v) is 7.07. The van der Waals surface area contributed by atoms with E-state index in [0.717, 1.165) is 23.2 Å². The maximum Gasteiger partial charge on any atom is 0.322 e. The highest BCUT2D eigenvalue weighted by molar-refractivity contribution is 5.90. The van der Waals surface area contributed by atoms with Crippen LogP contribution in [0, 0.1) is 11.7 Å². The normalized spacial score (nSPS) is 18.6. The molecule has 1 aliphatic carbocycles. The summed E-state index contributed by atoms with van der Waals surface area (Å²) in [6.07, 6.45) is 1.02. The first-order valence-corrected chi connectivity index (χ1v) is 8.88. The molecule has 2 aliphatic rings. The molecule has 0 bridgehead atoms. The number of halogens is 1. The Bertz CT molecular complexity index is 889. The number of allylic oxidation sites excluding steroid dienone is 1. The third-order valence-corrected chi connectivity index (χ3v) is 5.49. The van der Waals surface area contributed by atoms with Gasteiger partial charge in [-0.05, 0) is 72.3 Å². The standard InChI is InChI=1S/C21H22FN3O/c1-13-16(10-23)9-20(13)14-3-6-19(7-4-14)24-21(26)25-11-15-2-5-18(22)8-17(15)12-25/h2-8,16H,9-12,23H2,1H3,(H,24,26). The molecule has 0 radical (unpaired) electrons. The van der Waals surface area contributed by atoms with E-state index in [1.165, 1.54) is 28.8 Å². The van der Waals surface area contributed by atoms with Crippen molar-refractivity contribution in [3.63, 3.8) is 0 Å². The minimum absolute atomic E-state index is 0.170. The average Bonchev–Trinajstić information content (AvgIpc) is 3.05. The van der Waals surface area contributed by atoms with E-state index in [1.54, 1.807) is 11.0 Å². The van der Waals surface area contributed by atoms with Crippen LogP contribution < -0.4 is 11.1 Å². The van der Waals surface area contributed by atoms with Gasteiger partial charge in [-0.2, -0.15) is 0 Å². The highest BCUT2D eigenvalue weighted by Crippen LogP contribution is 2.40. The van der Waals surface area contributed by atoms with E-state index in [4.69, 9.17) is 5.73 Å². The molecule has 0 saturated carbocycles. The molecule has 0 aromatic heterocycles. The number of hydrogen-bond acceptors (Lipinski definition) is 2. The van der Waals surface area contributed by atoms with Crippen LogP contribution in [0.5, 0.6) is 0 Å². The zero-order chi connectivity index (χ0) is 18.3. The van der Waals surface area contributed by atoms with Crippen molar-refractivity contribution in [2.75, 3.05) is 11.9 Å². The summed E-state index contributed by atoms with van der Waals surface area (Å²) in [5.41, 5.74) is 12.3. The van der Waals surface area contributed by atoms with Crippen LogP contribution in [-0.4, -0.2) is 17.5 Å². The van der Waals surface area contributed by atoms with E-state index in [9.17, 15) is 9.18 Å². The number of rotatable bonds is 3. The number of urea groups is 1. The maximum atomic E-state index is 13.3. The third kappa shape index (κ3) is 2.99. The Morgan fingerprint density at radius 1 is 1.19 bits per heavy atom. The number of carbonyl (C=O) groups is 1. The Labute approximate surface area is 152 Å². The molecule has 1 aliphatic heterocycles. The first-order chi connectivity index (χ1) is 12.5. The minimum Gasteiger partial charge on any atom is -0.330 e. The molecule has 0 fully saturated rings. The van der Waals surface area contributed by atoms with Crippen molar-refractivity contribution in [2.24, 2.45) is 11.7 Å². The lowest BCUT2D eigenvalue weighted by Crippen LogP contribution is -2.30. The van der Waals surface area contributed by atoms with Crippen molar-refractivity contribution >= 4 is 17.3 Å². The zero-order valence-corrected chi connectivity index (χ0v) is 14.8. The molecule has 2 aromatic carbocycles. The molecular formula is C21H22FN3O. The quantitative estimate of drug-likeness (QED) is 0.874. The van der Waals surface area contributed by atoms with Crippen LogP contribution in [0.25, 0.3) is 5.57 Å². The fourth-order valence-corrected chi connectivity index (χ4v) is 3.75. The van der Waals surface area contributed by atoms with Gasteiger partial charge in [0.25, 0.3) is 0 Å². The summed E-state index contributed by atoms with van der Waals surface area (Å²) in [4.78, 5) is 14.2. The topological polar surface area (TPSA) is 58.4 Å². The van der Waals surface area contributed by atoms with Gasteiger partial charge in [-0.3, -0.25) is 0 Å². The maximum absolute atomic E-state index is 13.3. The van der Waals surface area contributed by atoms with Crippen molar-refractivity contribution in [3.8, 4) is 0 Å². The molecule has 0 saturated heterocycles. The lowest BCUT2D eigenvalue weighted by molar-refractivity contribution is 0.212. The lowest BCUT2D eigenvalue weighted by atomic mass is 9.75. The fraction of sp³-hybridized carbons (Fsp3) is 0.286. The number of carbonyl (C=O) groups excluding carboxylic acids is 1. The average molecular weight is 351 g/mol. The van der Waals surface area contributed by atoms with Gasteiger partial charge < -0.3 is 16.0 Å². The number of anilines is 1. The second-order valence-electron chi connectivity index (χ2n) is 7.07. The van der Waals surface area contributed by atoms with E-state index in [2.05, 4.69) is 12.2 Å². The van der Waals surface area contributed by atoms with Gasteiger partial charge >= 0.3 is 6.03 Å². The Morgan fingerprint density at radius 3 is 2.62 bits per heavy atom. The summed E-state index contributed by atoms with van der Waals surface area (Å²) in [7, 11) is 0. The predicted molar refractivity (Wildman–Crippen MR) is 101 cm³/mol. The molecule has 5 heteroatoms. The lowest BCUT2D eigenvalue weighted by Gasteiger charge is -2.31. The Morgan fingerprint density at radius 2 is 1.92 bits per heavy atom. The Hall–Kier alpha value is -2.66. The SMILES string of the molecule is CC1=C(c2ccc(NC(=O)N3Cc4ccc(F)cc4C3)cc2)CC1CN. The molecule has 3 N–H and O–H groups in total. The molecule has 26 heavy (non-hydrogen) atoms. The number of fused-ring (bicyclic) bond motifs is 1. The van der Waals surface area contributed by atoms with E-state index >= 15 is 0 Å². The number of hydrogen-bond donors (Lipinski definition) is 2. The van der Waals surface area contributed by atoms with Crippen molar-refractivity contribution in [2.45, 2.75) is 26.4 Å². The number of nitrogens with one attached hydrogen (secondary N) is 1. The second kappa shape index (κ2) is 6.57. The van der Waals surface area contributed by atoms with Gasteiger partial charge in [-0.25, -0.2) is 9.18 Å². The zero-order valence-electron chi connectivity index (χ0n) is 14.8. The van der Waals surface area contributed by atoms with Crippen molar-refractivity contribution in [3.05, 3.63) is 70.5 Å². The van der Waals surface area contributed by atoms with Gasteiger partial charge in [0.1, 0.15) is 5.82 Å². The van der Waals surface area contributed by atoms with E-state index < -0.39 is 0 Å². The predicted octanol–water partition coefficient (Wildman–Crippen LogP) is 4.13. The molecule has 2 aromatic rings. The highest BCUT2D eigenvalue weighted by Gasteiger charge is 2.26. The number of nitrogens with zero attached hydrogens (tertiary/aromatic N) is 1.